The molecule has 2 aromatic rings. The van der Waals surface area contributed by atoms with E-state index in [0.29, 0.717) is 6.54 Å². The zero-order chi connectivity index (χ0) is 12.1. The largest absolute Gasteiger partial charge is 0.326 e. The SMILES string of the molecule is NCc1ccc(SC(=O)c2ccccc2)cc1. The van der Waals surface area contributed by atoms with E-state index < -0.39 is 0 Å². The summed E-state index contributed by atoms with van der Waals surface area (Å²) in [6.45, 7) is 0.525. The normalized spacial score (nSPS) is 10.2. The van der Waals surface area contributed by atoms with Crippen LogP contribution in [0, 0.1) is 0 Å². The van der Waals surface area contributed by atoms with E-state index in [1.54, 1.807) is 0 Å². The molecule has 0 aromatic heterocycles. The third-order valence-electron chi connectivity index (χ3n) is 2.38. The van der Waals surface area contributed by atoms with E-state index in [1.165, 1.54) is 11.8 Å². The number of carbonyl (C=O) groups is 1. The van der Waals surface area contributed by atoms with Crippen LogP contribution >= 0.6 is 11.8 Å². The number of rotatable bonds is 3. The van der Waals surface area contributed by atoms with Crippen LogP contribution in [0.15, 0.2) is 59.5 Å². The molecule has 0 amide bonds. The van der Waals surface area contributed by atoms with Gasteiger partial charge in [-0.05, 0) is 29.5 Å². The summed E-state index contributed by atoms with van der Waals surface area (Å²) in [5.41, 5.74) is 7.31. The Bertz CT molecular complexity index is 493. The van der Waals surface area contributed by atoms with Gasteiger partial charge in [0, 0.05) is 17.0 Å². The molecule has 2 N–H and O–H groups in total. The van der Waals surface area contributed by atoms with Gasteiger partial charge in [0.2, 0.25) is 5.12 Å². The molecule has 0 atom stereocenters. The van der Waals surface area contributed by atoms with Crippen molar-refractivity contribution in [3.63, 3.8) is 0 Å². The number of thioether (sulfide) groups is 1. The Morgan fingerprint density at radius 1 is 1.00 bits per heavy atom. The van der Waals surface area contributed by atoms with Crippen LogP contribution in [0.4, 0.5) is 0 Å². The second kappa shape index (κ2) is 5.66. The van der Waals surface area contributed by atoms with Crippen LogP contribution in [-0.4, -0.2) is 5.12 Å². The third kappa shape index (κ3) is 3.19. The fraction of sp³-hybridized carbons (Fsp3) is 0.0714. The van der Waals surface area contributed by atoms with Crippen molar-refractivity contribution < 1.29 is 4.79 Å². The van der Waals surface area contributed by atoms with Gasteiger partial charge in [-0.25, -0.2) is 0 Å². The molecule has 0 aliphatic heterocycles. The lowest BCUT2D eigenvalue weighted by molar-refractivity contribution is 0.108. The van der Waals surface area contributed by atoms with Crippen LogP contribution in [0.5, 0.6) is 0 Å². The van der Waals surface area contributed by atoms with Crippen molar-refractivity contribution >= 4 is 16.9 Å². The molecule has 0 spiro atoms. The Kier molecular flexibility index (Phi) is 3.96. The summed E-state index contributed by atoms with van der Waals surface area (Å²) >= 11 is 1.24. The fourth-order valence-electron chi connectivity index (χ4n) is 1.43. The highest BCUT2D eigenvalue weighted by Gasteiger charge is 2.06. The van der Waals surface area contributed by atoms with Crippen molar-refractivity contribution in [1.29, 1.82) is 0 Å². The van der Waals surface area contributed by atoms with Crippen molar-refractivity contribution in [2.45, 2.75) is 11.4 Å². The highest BCUT2D eigenvalue weighted by Crippen LogP contribution is 2.22. The molecule has 0 aliphatic rings. The van der Waals surface area contributed by atoms with Crippen molar-refractivity contribution in [3.8, 4) is 0 Å². The standard InChI is InChI=1S/C14H13NOS/c15-10-11-6-8-13(9-7-11)17-14(16)12-4-2-1-3-5-12/h1-9H,10,15H2. The molecule has 86 valence electrons. The van der Waals surface area contributed by atoms with E-state index in [1.807, 2.05) is 54.6 Å². The molecule has 2 nitrogen and oxygen atoms in total. The maximum Gasteiger partial charge on any atom is 0.224 e. The van der Waals surface area contributed by atoms with Gasteiger partial charge in [-0.2, -0.15) is 0 Å². The molecular formula is C14H13NOS. The van der Waals surface area contributed by atoms with Crippen LogP contribution in [0.3, 0.4) is 0 Å². The predicted octanol–water partition coefficient (Wildman–Crippen LogP) is 3.08. The summed E-state index contributed by atoms with van der Waals surface area (Å²) in [5, 5.41) is 0.0612. The Morgan fingerprint density at radius 2 is 1.65 bits per heavy atom. The van der Waals surface area contributed by atoms with Gasteiger partial charge in [-0.15, -0.1) is 0 Å². The molecular weight excluding hydrogens is 230 g/mol. The summed E-state index contributed by atoms with van der Waals surface area (Å²) in [5.74, 6) is 0. The quantitative estimate of drug-likeness (QED) is 0.842. The molecule has 2 aromatic carbocycles. The minimum atomic E-state index is 0.0612. The van der Waals surface area contributed by atoms with Gasteiger partial charge in [-0.1, -0.05) is 42.5 Å². The zero-order valence-electron chi connectivity index (χ0n) is 9.30. The molecule has 0 fully saturated rings. The summed E-state index contributed by atoms with van der Waals surface area (Å²) in [4.78, 5) is 12.8. The molecule has 0 saturated carbocycles. The van der Waals surface area contributed by atoms with Gasteiger partial charge in [0.1, 0.15) is 0 Å². The average Bonchev–Trinajstić information content (AvgIpc) is 2.40. The van der Waals surface area contributed by atoms with Crippen molar-refractivity contribution in [2.75, 3.05) is 0 Å². The van der Waals surface area contributed by atoms with Gasteiger partial charge in [0.15, 0.2) is 0 Å². The smallest absolute Gasteiger partial charge is 0.224 e. The lowest BCUT2D eigenvalue weighted by Crippen LogP contribution is -1.96. The van der Waals surface area contributed by atoms with E-state index in [4.69, 9.17) is 5.73 Å². The molecule has 17 heavy (non-hydrogen) atoms. The molecule has 0 radical (unpaired) electrons. The van der Waals surface area contributed by atoms with Crippen molar-refractivity contribution in [3.05, 3.63) is 65.7 Å². The summed E-state index contributed by atoms with van der Waals surface area (Å²) < 4.78 is 0. The van der Waals surface area contributed by atoms with Crippen LogP contribution in [0.2, 0.25) is 0 Å². The molecule has 3 heteroatoms. The lowest BCUT2D eigenvalue weighted by Gasteiger charge is -2.02. The van der Waals surface area contributed by atoms with E-state index in [9.17, 15) is 4.79 Å². The average molecular weight is 243 g/mol. The van der Waals surface area contributed by atoms with Gasteiger partial charge < -0.3 is 5.73 Å². The maximum absolute atomic E-state index is 11.9. The summed E-state index contributed by atoms with van der Waals surface area (Å²) in [6, 6.07) is 17.0. The minimum absolute atomic E-state index is 0.0612. The van der Waals surface area contributed by atoms with Crippen molar-refractivity contribution in [2.24, 2.45) is 5.73 Å². The second-order valence-corrected chi connectivity index (χ2v) is 4.65. The highest BCUT2D eigenvalue weighted by atomic mass is 32.2. The summed E-state index contributed by atoms with van der Waals surface area (Å²) in [7, 11) is 0. The predicted molar refractivity (Wildman–Crippen MR) is 71.0 cm³/mol. The lowest BCUT2D eigenvalue weighted by atomic mass is 10.2. The molecule has 0 heterocycles. The molecule has 2 rings (SSSR count). The molecule has 0 saturated heterocycles. The molecule has 0 bridgehead atoms. The topological polar surface area (TPSA) is 43.1 Å². The van der Waals surface area contributed by atoms with E-state index in [2.05, 4.69) is 0 Å². The highest BCUT2D eigenvalue weighted by molar-refractivity contribution is 8.14. The van der Waals surface area contributed by atoms with Gasteiger partial charge in [0.05, 0.1) is 0 Å². The first kappa shape index (κ1) is 11.9. The zero-order valence-corrected chi connectivity index (χ0v) is 10.1. The number of benzene rings is 2. The number of nitrogens with two attached hydrogens (primary N) is 1. The van der Waals surface area contributed by atoms with Crippen LogP contribution in [-0.2, 0) is 6.54 Å². The van der Waals surface area contributed by atoms with E-state index in [0.717, 1.165) is 16.0 Å². The molecule has 0 unspecified atom stereocenters. The first-order valence-electron chi connectivity index (χ1n) is 5.36. The first-order valence-corrected chi connectivity index (χ1v) is 6.17. The monoisotopic (exact) mass is 243 g/mol. The van der Waals surface area contributed by atoms with Crippen LogP contribution < -0.4 is 5.73 Å². The number of hydrogen-bond donors (Lipinski definition) is 1. The number of carbonyl (C=O) groups excluding carboxylic acids is 1. The Morgan fingerprint density at radius 3 is 2.24 bits per heavy atom. The van der Waals surface area contributed by atoms with Crippen LogP contribution in [0.1, 0.15) is 15.9 Å². The summed E-state index contributed by atoms with van der Waals surface area (Å²) in [6.07, 6.45) is 0. The number of hydrogen-bond acceptors (Lipinski definition) is 3. The molecule has 0 aliphatic carbocycles. The van der Waals surface area contributed by atoms with E-state index >= 15 is 0 Å². The van der Waals surface area contributed by atoms with Crippen LogP contribution in [0.25, 0.3) is 0 Å². The second-order valence-electron chi connectivity index (χ2n) is 3.60. The third-order valence-corrected chi connectivity index (χ3v) is 3.31. The Balaban J connectivity index is 2.08. The fourth-order valence-corrected chi connectivity index (χ4v) is 2.17. The minimum Gasteiger partial charge on any atom is -0.326 e. The van der Waals surface area contributed by atoms with Gasteiger partial charge in [0.25, 0.3) is 0 Å². The van der Waals surface area contributed by atoms with Gasteiger partial charge in [-0.3, -0.25) is 4.79 Å². The van der Waals surface area contributed by atoms with E-state index in [-0.39, 0.29) is 5.12 Å². The van der Waals surface area contributed by atoms with Crippen molar-refractivity contribution in [1.82, 2.24) is 0 Å². The van der Waals surface area contributed by atoms with Gasteiger partial charge >= 0.3 is 0 Å². The first-order chi connectivity index (χ1) is 8.29. The Labute approximate surface area is 105 Å². The maximum atomic E-state index is 11.9. The Hall–Kier alpha value is -1.58.